The number of aliphatic carboxylic acids is 1. The first-order valence-corrected chi connectivity index (χ1v) is 7.77. The van der Waals surface area contributed by atoms with Crippen molar-refractivity contribution < 1.29 is 19.5 Å². The van der Waals surface area contributed by atoms with Gasteiger partial charge in [-0.1, -0.05) is 6.07 Å². The van der Waals surface area contributed by atoms with E-state index in [9.17, 15) is 19.5 Å². The van der Waals surface area contributed by atoms with Crippen LogP contribution in [0.5, 0.6) is 0 Å². The van der Waals surface area contributed by atoms with Crippen LogP contribution >= 0.6 is 0 Å². The molecule has 0 spiro atoms. The van der Waals surface area contributed by atoms with E-state index in [2.05, 4.69) is 5.32 Å². The zero-order valence-electron chi connectivity index (χ0n) is 12.7. The van der Waals surface area contributed by atoms with Crippen LogP contribution in [0.4, 0.5) is 10.5 Å². The van der Waals surface area contributed by atoms with Crippen molar-refractivity contribution in [3.05, 3.63) is 29.8 Å². The number of rotatable bonds is 3. The molecule has 7 nitrogen and oxygen atoms in total. The van der Waals surface area contributed by atoms with Gasteiger partial charge >= 0.3 is 12.0 Å². The number of hydrogen-bond acceptors (Lipinski definition) is 3. The van der Waals surface area contributed by atoms with Gasteiger partial charge in [-0.2, -0.15) is 0 Å². The van der Waals surface area contributed by atoms with Crippen molar-refractivity contribution >= 4 is 23.6 Å². The summed E-state index contributed by atoms with van der Waals surface area (Å²) in [6.45, 7) is 1.71. The molecule has 0 radical (unpaired) electrons. The van der Waals surface area contributed by atoms with Gasteiger partial charge in [0.1, 0.15) is 6.04 Å². The Balaban J connectivity index is 1.83. The van der Waals surface area contributed by atoms with E-state index in [0.717, 1.165) is 6.42 Å². The molecule has 23 heavy (non-hydrogen) atoms. The maximum Gasteiger partial charge on any atom is 0.326 e. The molecule has 1 atom stereocenters. The summed E-state index contributed by atoms with van der Waals surface area (Å²) in [4.78, 5) is 38.8. The first-order valence-electron chi connectivity index (χ1n) is 7.77. The van der Waals surface area contributed by atoms with E-state index in [1.165, 1.54) is 4.90 Å². The third-order valence-corrected chi connectivity index (χ3v) is 4.28. The Bertz CT molecular complexity index is 646. The third kappa shape index (κ3) is 2.99. The predicted molar refractivity (Wildman–Crippen MR) is 83.5 cm³/mol. The highest BCUT2D eigenvalue weighted by molar-refractivity contribution is 5.99. The first-order chi connectivity index (χ1) is 11.1. The van der Waals surface area contributed by atoms with Gasteiger partial charge in [0, 0.05) is 30.9 Å². The number of urea groups is 1. The number of likely N-dealkylation sites (tertiary alicyclic amines) is 1. The topological polar surface area (TPSA) is 89.9 Å². The fraction of sp³-hybridized carbons (Fsp3) is 0.438. The summed E-state index contributed by atoms with van der Waals surface area (Å²) in [6.07, 6.45) is 2.02. The number of nitrogens with one attached hydrogen (secondary N) is 1. The molecule has 2 heterocycles. The Kier molecular flexibility index (Phi) is 4.18. The zero-order chi connectivity index (χ0) is 16.4. The lowest BCUT2D eigenvalue weighted by molar-refractivity contribution is -0.141. The molecule has 3 rings (SSSR count). The maximum absolute atomic E-state index is 12.6. The summed E-state index contributed by atoms with van der Waals surface area (Å²) in [7, 11) is 0. The fourth-order valence-corrected chi connectivity index (χ4v) is 3.12. The molecule has 2 aliphatic heterocycles. The van der Waals surface area contributed by atoms with Crippen LogP contribution in [-0.4, -0.2) is 53.6 Å². The fourth-order valence-electron chi connectivity index (χ4n) is 3.12. The molecule has 1 aromatic rings. The van der Waals surface area contributed by atoms with Crippen LogP contribution < -0.4 is 10.2 Å². The molecule has 2 saturated heterocycles. The summed E-state index contributed by atoms with van der Waals surface area (Å²) < 4.78 is 0. The SMILES string of the molecule is O=C(O)[C@H]1CCCN1C(=O)c1cccc(N2CCCNC2=O)c1. The van der Waals surface area contributed by atoms with Crippen LogP contribution in [-0.2, 0) is 4.79 Å². The lowest BCUT2D eigenvalue weighted by Gasteiger charge is -2.28. The number of carboxylic acids is 1. The number of anilines is 1. The van der Waals surface area contributed by atoms with E-state index in [1.807, 2.05) is 0 Å². The van der Waals surface area contributed by atoms with Crippen LogP contribution in [0, 0.1) is 0 Å². The number of hydrogen-bond donors (Lipinski definition) is 2. The minimum atomic E-state index is -0.970. The van der Waals surface area contributed by atoms with Crippen molar-refractivity contribution in [3.8, 4) is 0 Å². The van der Waals surface area contributed by atoms with Gasteiger partial charge in [0.2, 0.25) is 0 Å². The minimum Gasteiger partial charge on any atom is -0.480 e. The molecule has 0 unspecified atom stereocenters. The second-order valence-electron chi connectivity index (χ2n) is 5.78. The van der Waals surface area contributed by atoms with Crippen molar-refractivity contribution in [2.24, 2.45) is 0 Å². The molecule has 2 aliphatic rings. The summed E-state index contributed by atoms with van der Waals surface area (Å²) in [5, 5.41) is 12.0. The summed E-state index contributed by atoms with van der Waals surface area (Å²) >= 11 is 0. The summed E-state index contributed by atoms with van der Waals surface area (Å²) in [5.41, 5.74) is 1.06. The second-order valence-corrected chi connectivity index (χ2v) is 5.78. The van der Waals surface area contributed by atoms with Gasteiger partial charge in [0.15, 0.2) is 0 Å². The molecule has 7 heteroatoms. The number of carboxylic acid groups (broad SMARTS) is 1. The average Bonchev–Trinajstić information content (AvgIpc) is 3.04. The smallest absolute Gasteiger partial charge is 0.326 e. The molecule has 0 aromatic heterocycles. The van der Waals surface area contributed by atoms with E-state index in [0.29, 0.717) is 43.7 Å². The van der Waals surface area contributed by atoms with E-state index < -0.39 is 12.0 Å². The molecule has 3 amide bonds. The van der Waals surface area contributed by atoms with E-state index in [-0.39, 0.29) is 11.9 Å². The predicted octanol–water partition coefficient (Wildman–Crippen LogP) is 1.30. The van der Waals surface area contributed by atoms with Gasteiger partial charge in [-0.05, 0) is 37.5 Å². The Morgan fingerprint density at radius 2 is 2.04 bits per heavy atom. The third-order valence-electron chi connectivity index (χ3n) is 4.28. The molecule has 122 valence electrons. The van der Waals surface area contributed by atoms with Crippen molar-refractivity contribution in [3.63, 3.8) is 0 Å². The largest absolute Gasteiger partial charge is 0.480 e. The highest BCUT2D eigenvalue weighted by Crippen LogP contribution is 2.23. The number of benzene rings is 1. The molecule has 1 aromatic carbocycles. The number of carbonyl (C=O) groups is 3. The molecular weight excluding hydrogens is 298 g/mol. The number of carbonyl (C=O) groups excluding carboxylic acids is 2. The minimum absolute atomic E-state index is 0.176. The molecule has 2 N–H and O–H groups in total. The van der Waals surface area contributed by atoms with Gasteiger partial charge < -0.3 is 15.3 Å². The van der Waals surface area contributed by atoms with Crippen molar-refractivity contribution in [1.29, 1.82) is 0 Å². The normalized spacial score (nSPS) is 21.2. The first kappa shape index (κ1) is 15.3. The molecule has 0 saturated carbocycles. The van der Waals surface area contributed by atoms with Crippen LogP contribution in [0.1, 0.15) is 29.6 Å². The molecule has 0 bridgehead atoms. The molecular formula is C16H19N3O4. The summed E-state index contributed by atoms with van der Waals surface area (Å²) in [5.74, 6) is -1.27. The van der Waals surface area contributed by atoms with Crippen LogP contribution in [0.2, 0.25) is 0 Å². The monoisotopic (exact) mass is 317 g/mol. The molecule has 2 fully saturated rings. The van der Waals surface area contributed by atoms with Crippen molar-refractivity contribution in [2.45, 2.75) is 25.3 Å². The Labute approximate surface area is 133 Å². The van der Waals surface area contributed by atoms with Gasteiger partial charge in [-0.25, -0.2) is 9.59 Å². The van der Waals surface area contributed by atoms with Crippen LogP contribution in [0.15, 0.2) is 24.3 Å². The summed E-state index contributed by atoms with van der Waals surface area (Å²) in [6, 6.07) is 5.88. The van der Waals surface area contributed by atoms with Gasteiger partial charge in [-0.3, -0.25) is 9.69 Å². The standard InChI is InChI=1S/C16H19N3O4/c20-14(19-8-2-6-13(19)15(21)22)11-4-1-5-12(10-11)18-9-3-7-17-16(18)23/h1,4-5,10,13H,2-3,6-9H2,(H,17,23)(H,21,22)/t13-/m1/s1. The highest BCUT2D eigenvalue weighted by atomic mass is 16.4. The average molecular weight is 317 g/mol. The van der Waals surface area contributed by atoms with Gasteiger partial charge in [-0.15, -0.1) is 0 Å². The lowest BCUT2D eigenvalue weighted by atomic mass is 10.1. The lowest BCUT2D eigenvalue weighted by Crippen LogP contribution is -2.46. The molecule has 0 aliphatic carbocycles. The highest BCUT2D eigenvalue weighted by Gasteiger charge is 2.34. The van der Waals surface area contributed by atoms with Crippen molar-refractivity contribution in [2.75, 3.05) is 24.5 Å². The van der Waals surface area contributed by atoms with Gasteiger partial charge in [0.05, 0.1) is 0 Å². The van der Waals surface area contributed by atoms with Crippen LogP contribution in [0.3, 0.4) is 0 Å². The maximum atomic E-state index is 12.6. The number of nitrogens with zero attached hydrogens (tertiary/aromatic N) is 2. The number of amides is 3. The van der Waals surface area contributed by atoms with Gasteiger partial charge in [0.25, 0.3) is 5.91 Å². The zero-order valence-corrected chi connectivity index (χ0v) is 12.7. The Hall–Kier alpha value is -2.57. The van der Waals surface area contributed by atoms with Crippen molar-refractivity contribution in [1.82, 2.24) is 10.2 Å². The quantitative estimate of drug-likeness (QED) is 0.879. The van der Waals surface area contributed by atoms with E-state index in [4.69, 9.17) is 0 Å². The van der Waals surface area contributed by atoms with Crippen LogP contribution in [0.25, 0.3) is 0 Å². The Morgan fingerprint density at radius 3 is 2.78 bits per heavy atom. The van der Waals surface area contributed by atoms with E-state index >= 15 is 0 Å². The Morgan fingerprint density at radius 1 is 1.22 bits per heavy atom. The van der Waals surface area contributed by atoms with E-state index in [1.54, 1.807) is 29.2 Å². The second kappa shape index (κ2) is 6.28.